The van der Waals surface area contributed by atoms with Crippen molar-refractivity contribution < 1.29 is 8.42 Å². The Hall–Kier alpha value is -1.40. The van der Waals surface area contributed by atoms with Gasteiger partial charge in [0.05, 0.1) is 5.52 Å². The van der Waals surface area contributed by atoms with Crippen LogP contribution in [0.5, 0.6) is 0 Å². The van der Waals surface area contributed by atoms with E-state index in [2.05, 4.69) is 4.98 Å². The van der Waals surface area contributed by atoms with Crippen molar-refractivity contribution in [3.63, 3.8) is 0 Å². The Balaban J connectivity index is 3.04. The molecule has 2 aromatic heterocycles. The number of nitrogens with two attached hydrogens (primary N) is 1. The standard InChI is InChI=1S/C10H13N3O2S/c1-6-5-13(3)9-8(6)4-7(2)12-10(9)16(11,14)15/h4-5H,1-3H3,(H2,11,14,15). The fourth-order valence-electron chi connectivity index (χ4n) is 1.90. The van der Waals surface area contributed by atoms with Gasteiger partial charge >= 0.3 is 0 Å². The van der Waals surface area contributed by atoms with E-state index in [1.807, 2.05) is 19.2 Å². The van der Waals surface area contributed by atoms with Crippen LogP contribution in [0, 0.1) is 13.8 Å². The maximum absolute atomic E-state index is 11.5. The molecule has 6 heteroatoms. The lowest BCUT2D eigenvalue weighted by atomic mass is 10.2. The molecule has 2 rings (SSSR count). The summed E-state index contributed by atoms with van der Waals surface area (Å²) in [7, 11) is -2.01. The van der Waals surface area contributed by atoms with Gasteiger partial charge in [-0.15, -0.1) is 0 Å². The van der Waals surface area contributed by atoms with Crippen molar-refractivity contribution in [1.82, 2.24) is 9.55 Å². The minimum atomic E-state index is -3.79. The van der Waals surface area contributed by atoms with Gasteiger partial charge in [0.1, 0.15) is 0 Å². The molecule has 2 N–H and O–H groups in total. The fourth-order valence-corrected chi connectivity index (χ4v) is 2.70. The summed E-state index contributed by atoms with van der Waals surface area (Å²) in [6.07, 6.45) is 1.86. The summed E-state index contributed by atoms with van der Waals surface area (Å²) < 4.78 is 24.7. The highest BCUT2D eigenvalue weighted by Gasteiger charge is 2.18. The molecule has 0 fully saturated rings. The van der Waals surface area contributed by atoms with Crippen molar-refractivity contribution in [3.8, 4) is 0 Å². The summed E-state index contributed by atoms with van der Waals surface area (Å²) in [6.45, 7) is 3.68. The molecule has 0 spiro atoms. The Morgan fingerprint density at radius 1 is 1.38 bits per heavy atom. The van der Waals surface area contributed by atoms with E-state index in [1.54, 1.807) is 18.5 Å². The number of primary sulfonamides is 1. The van der Waals surface area contributed by atoms with Gasteiger partial charge in [-0.1, -0.05) is 0 Å². The van der Waals surface area contributed by atoms with Gasteiger partial charge in [-0.3, -0.25) is 0 Å². The van der Waals surface area contributed by atoms with Crippen molar-refractivity contribution in [2.75, 3.05) is 0 Å². The monoisotopic (exact) mass is 239 g/mol. The Morgan fingerprint density at radius 3 is 2.56 bits per heavy atom. The molecule has 16 heavy (non-hydrogen) atoms. The van der Waals surface area contributed by atoms with E-state index in [9.17, 15) is 8.42 Å². The van der Waals surface area contributed by atoms with Gasteiger partial charge in [0.2, 0.25) is 0 Å². The molecule has 0 aliphatic rings. The van der Waals surface area contributed by atoms with Gasteiger partial charge in [0, 0.05) is 24.3 Å². The zero-order valence-electron chi connectivity index (χ0n) is 9.35. The lowest BCUT2D eigenvalue weighted by Gasteiger charge is -2.04. The number of pyridine rings is 1. The second-order valence-electron chi connectivity index (χ2n) is 3.93. The SMILES string of the molecule is Cc1cc2c(C)cn(C)c2c(S(N)(=O)=O)n1. The van der Waals surface area contributed by atoms with Crippen molar-refractivity contribution in [2.24, 2.45) is 12.2 Å². The third-order valence-corrected chi connectivity index (χ3v) is 3.35. The molecule has 0 saturated carbocycles. The fraction of sp³-hybridized carbons (Fsp3) is 0.300. The van der Waals surface area contributed by atoms with Crippen LogP contribution in [-0.2, 0) is 17.1 Å². The number of aryl methyl sites for hydroxylation is 3. The molecule has 2 aromatic rings. The van der Waals surface area contributed by atoms with Crippen molar-refractivity contribution in [2.45, 2.75) is 18.9 Å². The largest absolute Gasteiger partial charge is 0.348 e. The number of nitrogens with zero attached hydrogens (tertiary/aromatic N) is 2. The maximum Gasteiger partial charge on any atom is 0.257 e. The third-order valence-electron chi connectivity index (χ3n) is 2.52. The van der Waals surface area contributed by atoms with Crippen LogP contribution in [0.1, 0.15) is 11.3 Å². The van der Waals surface area contributed by atoms with Gasteiger partial charge in [-0.2, -0.15) is 0 Å². The van der Waals surface area contributed by atoms with E-state index in [-0.39, 0.29) is 5.03 Å². The summed E-state index contributed by atoms with van der Waals surface area (Å²) in [5, 5.41) is 5.98. The van der Waals surface area contributed by atoms with E-state index >= 15 is 0 Å². The first kappa shape index (κ1) is 11.1. The van der Waals surface area contributed by atoms with Crippen LogP contribution in [-0.4, -0.2) is 18.0 Å². The van der Waals surface area contributed by atoms with Gasteiger partial charge in [0.15, 0.2) is 5.03 Å². The molecule has 0 aliphatic carbocycles. The van der Waals surface area contributed by atoms with Gasteiger partial charge in [0.25, 0.3) is 10.0 Å². The van der Waals surface area contributed by atoms with Crippen LogP contribution in [0.25, 0.3) is 10.9 Å². The number of hydrogen-bond donors (Lipinski definition) is 1. The zero-order chi connectivity index (χ0) is 12.1. The highest BCUT2D eigenvalue weighted by molar-refractivity contribution is 7.89. The summed E-state index contributed by atoms with van der Waals surface area (Å²) in [4.78, 5) is 4.01. The third kappa shape index (κ3) is 1.60. The first-order chi connectivity index (χ1) is 7.30. The van der Waals surface area contributed by atoms with Gasteiger partial charge in [-0.05, 0) is 25.5 Å². The van der Waals surface area contributed by atoms with E-state index < -0.39 is 10.0 Å². The second-order valence-corrected chi connectivity index (χ2v) is 5.41. The second kappa shape index (κ2) is 3.29. The lowest BCUT2D eigenvalue weighted by Crippen LogP contribution is -2.16. The first-order valence-corrected chi connectivity index (χ1v) is 6.31. The number of rotatable bonds is 1. The highest BCUT2D eigenvalue weighted by atomic mass is 32.2. The molecular formula is C10H13N3O2S. The minimum absolute atomic E-state index is 0.0573. The lowest BCUT2D eigenvalue weighted by molar-refractivity contribution is 0.594. The first-order valence-electron chi connectivity index (χ1n) is 4.77. The van der Waals surface area contributed by atoms with E-state index in [0.717, 1.165) is 10.9 Å². The van der Waals surface area contributed by atoms with E-state index in [0.29, 0.717) is 11.2 Å². The average Bonchev–Trinajstić information content (AvgIpc) is 2.40. The normalized spacial score (nSPS) is 12.2. The maximum atomic E-state index is 11.5. The van der Waals surface area contributed by atoms with Crippen LogP contribution in [0.4, 0.5) is 0 Å². The Kier molecular flexibility index (Phi) is 2.28. The quantitative estimate of drug-likeness (QED) is 0.801. The van der Waals surface area contributed by atoms with Crippen molar-refractivity contribution >= 4 is 20.9 Å². The summed E-state index contributed by atoms with van der Waals surface area (Å²) in [6, 6.07) is 1.86. The summed E-state index contributed by atoms with van der Waals surface area (Å²) in [5.41, 5.74) is 2.21. The number of aromatic nitrogens is 2. The van der Waals surface area contributed by atoms with Crippen LogP contribution in [0.3, 0.4) is 0 Å². The molecule has 0 aliphatic heterocycles. The predicted octanol–water partition coefficient (Wildman–Crippen LogP) is 0.838. The predicted molar refractivity (Wildman–Crippen MR) is 61.6 cm³/mol. The Morgan fingerprint density at radius 2 is 2.00 bits per heavy atom. The van der Waals surface area contributed by atoms with Crippen LogP contribution < -0.4 is 5.14 Å². The summed E-state index contributed by atoms with van der Waals surface area (Å²) >= 11 is 0. The van der Waals surface area contributed by atoms with Gasteiger partial charge < -0.3 is 4.57 Å². The summed E-state index contributed by atoms with van der Waals surface area (Å²) in [5.74, 6) is 0. The van der Waals surface area contributed by atoms with Crippen LogP contribution >= 0.6 is 0 Å². The van der Waals surface area contributed by atoms with Crippen molar-refractivity contribution in [1.29, 1.82) is 0 Å². The average molecular weight is 239 g/mol. The van der Waals surface area contributed by atoms with Crippen LogP contribution in [0.15, 0.2) is 17.3 Å². The molecule has 0 saturated heterocycles. The van der Waals surface area contributed by atoms with E-state index in [4.69, 9.17) is 5.14 Å². The molecule has 0 aromatic carbocycles. The molecule has 5 nitrogen and oxygen atoms in total. The minimum Gasteiger partial charge on any atom is -0.348 e. The molecule has 0 bridgehead atoms. The molecular weight excluding hydrogens is 226 g/mol. The molecule has 0 radical (unpaired) electrons. The zero-order valence-corrected chi connectivity index (χ0v) is 10.2. The molecule has 2 heterocycles. The molecule has 0 unspecified atom stereocenters. The van der Waals surface area contributed by atoms with E-state index in [1.165, 1.54) is 0 Å². The highest BCUT2D eigenvalue weighted by Crippen LogP contribution is 2.25. The number of sulfonamides is 1. The molecule has 0 amide bonds. The molecule has 86 valence electrons. The Labute approximate surface area is 93.9 Å². The number of hydrogen-bond acceptors (Lipinski definition) is 3. The number of fused-ring (bicyclic) bond motifs is 1. The van der Waals surface area contributed by atoms with Crippen LogP contribution in [0.2, 0.25) is 0 Å². The van der Waals surface area contributed by atoms with Gasteiger partial charge in [-0.25, -0.2) is 18.5 Å². The topological polar surface area (TPSA) is 78.0 Å². The van der Waals surface area contributed by atoms with Crippen molar-refractivity contribution in [3.05, 3.63) is 23.5 Å². The smallest absolute Gasteiger partial charge is 0.257 e. The Bertz CT molecular complexity index is 671. The molecule has 0 atom stereocenters.